The van der Waals surface area contributed by atoms with Crippen molar-refractivity contribution in [1.82, 2.24) is 9.55 Å². The van der Waals surface area contributed by atoms with E-state index in [2.05, 4.69) is 9.72 Å². The zero-order chi connectivity index (χ0) is 14.1. The lowest BCUT2D eigenvalue weighted by Crippen LogP contribution is -2.15. The monoisotopic (exact) mass is 274 g/mol. The molecule has 0 bridgehead atoms. The van der Waals surface area contributed by atoms with Gasteiger partial charge in [-0.05, 0) is 24.3 Å². The summed E-state index contributed by atoms with van der Waals surface area (Å²) in [7, 11) is 1.27. The molecule has 0 saturated heterocycles. The number of carbonyl (C=O) groups is 1. The Kier molecular flexibility index (Phi) is 2.86. The predicted octanol–water partition coefficient (Wildman–Crippen LogP) is 1.42. The van der Waals surface area contributed by atoms with E-state index in [4.69, 9.17) is 8.83 Å². The molecular formula is C13H10N2O5. The molecule has 20 heavy (non-hydrogen) atoms. The van der Waals surface area contributed by atoms with Gasteiger partial charge in [-0.15, -0.1) is 0 Å². The van der Waals surface area contributed by atoms with Gasteiger partial charge in [0.15, 0.2) is 11.2 Å². The summed E-state index contributed by atoms with van der Waals surface area (Å²) in [5.74, 6) is -0.592. The number of hydrogen-bond donors (Lipinski definition) is 0. The number of carbonyl (C=O) groups excluding carboxylic acids is 1. The summed E-state index contributed by atoms with van der Waals surface area (Å²) in [6, 6.07) is 6.42. The highest BCUT2D eigenvalue weighted by Crippen LogP contribution is 2.14. The Bertz CT molecular complexity index is 827. The van der Waals surface area contributed by atoms with Gasteiger partial charge in [0.05, 0.1) is 13.7 Å². The van der Waals surface area contributed by atoms with Crippen LogP contribution in [0.3, 0.4) is 0 Å². The summed E-state index contributed by atoms with van der Waals surface area (Å²) in [5.41, 5.74) is 0.825. The SMILES string of the molecule is COC(=O)c1ccc(Cn2c(=O)oc3cccnc32)o1. The fourth-order valence-corrected chi connectivity index (χ4v) is 1.87. The standard InChI is InChI=1S/C13H10N2O5/c1-18-12(16)10-5-4-8(19-10)7-15-11-9(20-13(15)17)3-2-6-14-11/h2-6H,7H2,1H3. The molecule has 0 aliphatic rings. The van der Waals surface area contributed by atoms with E-state index in [-0.39, 0.29) is 12.3 Å². The van der Waals surface area contributed by atoms with Gasteiger partial charge in [0.1, 0.15) is 5.76 Å². The van der Waals surface area contributed by atoms with Crippen LogP contribution in [0.2, 0.25) is 0 Å². The smallest absolute Gasteiger partial charge is 0.421 e. The molecule has 7 nitrogen and oxygen atoms in total. The first-order valence-corrected chi connectivity index (χ1v) is 5.80. The number of fused-ring (bicyclic) bond motifs is 1. The largest absolute Gasteiger partial charge is 0.463 e. The van der Waals surface area contributed by atoms with E-state index in [0.717, 1.165) is 0 Å². The fraction of sp³-hybridized carbons (Fsp3) is 0.154. The van der Waals surface area contributed by atoms with Crippen molar-refractivity contribution in [3.8, 4) is 0 Å². The van der Waals surface area contributed by atoms with Gasteiger partial charge in [-0.3, -0.25) is 4.57 Å². The number of ether oxygens (including phenoxy) is 1. The van der Waals surface area contributed by atoms with Crippen molar-refractivity contribution in [3.63, 3.8) is 0 Å². The minimum Gasteiger partial charge on any atom is -0.463 e. The maximum absolute atomic E-state index is 11.8. The van der Waals surface area contributed by atoms with E-state index in [1.165, 1.54) is 17.7 Å². The number of rotatable bonds is 3. The highest BCUT2D eigenvalue weighted by atomic mass is 16.5. The van der Waals surface area contributed by atoms with Gasteiger partial charge in [0.25, 0.3) is 0 Å². The zero-order valence-corrected chi connectivity index (χ0v) is 10.5. The summed E-state index contributed by atoms with van der Waals surface area (Å²) >= 11 is 0. The molecular weight excluding hydrogens is 264 g/mol. The summed E-state index contributed by atoms with van der Waals surface area (Å²) < 4.78 is 16.2. The average Bonchev–Trinajstić information content (AvgIpc) is 3.04. The molecule has 3 heterocycles. The van der Waals surface area contributed by atoms with Crippen molar-refractivity contribution in [2.45, 2.75) is 6.54 Å². The lowest BCUT2D eigenvalue weighted by molar-refractivity contribution is 0.0563. The van der Waals surface area contributed by atoms with Gasteiger partial charge in [0, 0.05) is 6.20 Å². The van der Waals surface area contributed by atoms with Crippen molar-refractivity contribution in [2.75, 3.05) is 7.11 Å². The number of hydrogen-bond acceptors (Lipinski definition) is 6. The van der Waals surface area contributed by atoms with Crippen LogP contribution in [0.4, 0.5) is 0 Å². The molecule has 0 saturated carbocycles. The molecule has 0 unspecified atom stereocenters. The summed E-state index contributed by atoms with van der Waals surface area (Å²) in [6.07, 6.45) is 1.57. The van der Waals surface area contributed by atoms with Gasteiger partial charge in [0.2, 0.25) is 5.76 Å². The van der Waals surface area contributed by atoms with E-state index in [1.807, 2.05) is 0 Å². The lowest BCUT2D eigenvalue weighted by atomic mass is 10.4. The minimum atomic E-state index is -0.571. The summed E-state index contributed by atoms with van der Waals surface area (Å²) in [6.45, 7) is 0.125. The maximum Gasteiger partial charge on any atom is 0.421 e. The zero-order valence-electron chi connectivity index (χ0n) is 10.5. The Morgan fingerprint density at radius 2 is 2.20 bits per heavy atom. The highest BCUT2D eigenvalue weighted by Gasteiger charge is 2.15. The Hall–Kier alpha value is -2.83. The second kappa shape index (κ2) is 4.69. The van der Waals surface area contributed by atoms with Gasteiger partial charge in [-0.25, -0.2) is 14.6 Å². The molecule has 0 aliphatic heterocycles. The first-order valence-electron chi connectivity index (χ1n) is 5.80. The van der Waals surface area contributed by atoms with Crippen LogP contribution in [0.5, 0.6) is 0 Å². The number of methoxy groups -OCH3 is 1. The van der Waals surface area contributed by atoms with Crippen molar-refractivity contribution in [2.24, 2.45) is 0 Å². The number of furan rings is 1. The van der Waals surface area contributed by atoms with Crippen LogP contribution in [0.15, 0.2) is 44.1 Å². The Morgan fingerprint density at radius 3 is 3.00 bits per heavy atom. The Balaban J connectivity index is 1.97. The predicted molar refractivity (Wildman–Crippen MR) is 67.4 cm³/mol. The van der Waals surface area contributed by atoms with Crippen LogP contribution in [0.1, 0.15) is 16.3 Å². The second-order valence-corrected chi connectivity index (χ2v) is 4.04. The van der Waals surface area contributed by atoms with Crippen molar-refractivity contribution < 1.29 is 18.4 Å². The van der Waals surface area contributed by atoms with Crippen molar-refractivity contribution in [1.29, 1.82) is 0 Å². The van der Waals surface area contributed by atoms with Gasteiger partial charge in [-0.1, -0.05) is 0 Å². The molecule has 0 aliphatic carbocycles. The second-order valence-electron chi connectivity index (χ2n) is 4.04. The normalized spacial score (nSPS) is 10.8. The van der Waals surface area contributed by atoms with Crippen LogP contribution in [-0.4, -0.2) is 22.6 Å². The first kappa shape index (κ1) is 12.2. The molecule has 3 rings (SSSR count). The van der Waals surface area contributed by atoms with Crippen molar-refractivity contribution >= 4 is 17.2 Å². The highest BCUT2D eigenvalue weighted by molar-refractivity contribution is 5.86. The number of esters is 1. The molecule has 0 atom stereocenters. The third-order valence-electron chi connectivity index (χ3n) is 2.79. The Morgan fingerprint density at radius 1 is 1.35 bits per heavy atom. The summed E-state index contributed by atoms with van der Waals surface area (Å²) in [4.78, 5) is 27.1. The van der Waals surface area contributed by atoms with Crippen molar-refractivity contribution in [3.05, 3.63) is 52.5 Å². The van der Waals surface area contributed by atoms with Gasteiger partial charge < -0.3 is 13.6 Å². The number of oxazole rings is 1. The molecule has 0 spiro atoms. The topological polar surface area (TPSA) is 87.5 Å². The minimum absolute atomic E-state index is 0.0799. The van der Waals surface area contributed by atoms with Crippen LogP contribution in [0, 0.1) is 0 Å². The third-order valence-corrected chi connectivity index (χ3v) is 2.79. The molecule has 7 heteroatoms. The quantitative estimate of drug-likeness (QED) is 0.671. The fourth-order valence-electron chi connectivity index (χ4n) is 1.87. The van der Waals surface area contributed by atoms with Crippen LogP contribution >= 0.6 is 0 Å². The van der Waals surface area contributed by atoms with Crippen LogP contribution in [0.25, 0.3) is 11.2 Å². The van der Waals surface area contributed by atoms with E-state index in [1.54, 1.807) is 24.4 Å². The third kappa shape index (κ3) is 1.99. The molecule has 3 aromatic rings. The van der Waals surface area contributed by atoms with E-state index in [9.17, 15) is 9.59 Å². The van der Waals surface area contributed by atoms with E-state index < -0.39 is 11.7 Å². The van der Waals surface area contributed by atoms with Gasteiger partial charge in [-0.2, -0.15) is 0 Å². The molecule has 102 valence electrons. The summed E-state index contributed by atoms with van der Waals surface area (Å²) in [5, 5.41) is 0. The van der Waals surface area contributed by atoms with Gasteiger partial charge >= 0.3 is 11.7 Å². The number of nitrogens with zero attached hydrogens (tertiary/aromatic N) is 2. The molecule has 0 amide bonds. The molecule has 0 N–H and O–H groups in total. The maximum atomic E-state index is 11.8. The number of pyridine rings is 1. The molecule has 0 fully saturated rings. The van der Waals surface area contributed by atoms with Crippen LogP contribution in [-0.2, 0) is 11.3 Å². The lowest BCUT2D eigenvalue weighted by Gasteiger charge is -1.98. The van der Waals surface area contributed by atoms with E-state index >= 15 is 0 Å². The molecule has 0 aromatic carbocycles. The molecule has 3 aromatic heterocycles. The molecule has 0 radical (unpaired) electrons. The van der Waals surface area contributed by atoms with Crippen LogP contribution < -0.4 is 5.76 Å². The average molecular weight is 274 g/mol. The first-order chi connectivity index (χ1) is 9.69. The Labute approximate surface area is 112 Å². The number of aromatic nitrogens is 2. The van der Waals surface area contributed by atoms with E-state index in [0.29, 0.717) is 17.0 Å².